The molecule has 18 heavy (non-hydrogen) atoms. The Bertz CT molecular complexity index is 651. The molecular formula is C10H13N7S. The topological polar surface area (TPSA) is 83.8 Å². The van der Waals surface area contributed by atoms with Crippen LogP contribution in [0.4, 0.5) is 0 Å². The summed E-state index contributed by atoms with van der Waals surface area (Å²) in [6.45, 7) is 5.45. The minimum Gasteiger partial charge on any atom is -0.304 e. The van der Waals surface area contributed by atoms with Crippen molar-refractivity contribution in [2.24, 2.45) is 0 Å². The van der Waals surface area contributed by atoms with Crippen LogP contribution in [0.1, 0.15) is 22.9 Å². The van der Waals surface area contributed by atoms with Crippen LogP contribution in [-0.4, -0.2) is 30.0 Å². The second-order valence-corrected chi connectivity index (χ2v) is 4.91. The van der Waals surface area contributed by atoms with Crippen molar-refractivity contribution < 1.29 is 0 Å². The molecule has 0 saturated heterocycles. The highest BCUT2D eigenvalue weighted by Crippen LogP contribution is 2.20. The highest BCUT2D eigenvalue weighted by Gasteiger charge is 2.11. The lowest BCUT2D eigenvalue weighted by molar-refractivity contribution is 0.646. The fourth-order valence-corrected chi connectivity index (χ4v) is 2.86. The van der Waals surface area contributed by atoms with Crippen LogP contribution in [-0.2, 0) is 13.1 Å². The Labute approximate surface area is 107 Å². The molecule has 0 radical (unpaired) electrons. The van der Waals surface area contributed by atoms with E-state index in [1.165, 1.54) is 11.4 Å². The largest absolute Gasteiger partial charge is 0.304 e. The number of nitrogens with one attached hydrogen (secondary N) is 2. The molecule has 0 aliphatic heterocycles. The van der Waals surface area contributed by atoms with Gasteiger partial charge in [0.15, 0.2) is 10.8 Å². The molecule has 3 rings (SSSR count). The van der Waals surface area contributed by atoms with E-state index in [-0.39, 0.29) is 0 Å². The Hall–Kier alpha value is -1.80. The van der Waals surface area contributed by atoms with Gasteiger partial charge in [-0.25, -0.2) is 4.98 Å². The zero-order valence-corrected chi connectivity index (χ0v) is 11.0. The van der Waals surface area contributed by atoms with Gasteiger partial charge >= 0.3 is 0 Å². The number of aromatic amines is 1. The summed E-state index contributed by atoms with van der Waals surface area (Å²) in [6.07, 6.45) is 0. The van der Waals surface area contributed by atoms with Crippen molar-refractivity contribution >= 4 is 16.3 Å². The van der Waals surface area contributed by atoms with Crippen molar-refractivity contribution in [2.75, 3.05) is 0 Å². The quantitative estimate of drug-likeness (QED) is 0.728. The molecule has 3 aromatic rings. The summed E-state index contributed by atoms with van der Waals surface area (Å²) in [5.41, 5.74) is 3.46. The lowest BCUT2D eigenvalue weighted by atomic mass is 10.3. The molecule has 0 amide bonds. The van der Waals surface area contributed by atoms with Crippen LogP contribution in [0.25, 0.3) is 4.96 Å². The van der Waals surface area contributed by atoms with Gasteiger partial charge in [-0.1, -0.05) is 5.21 Å². The van der Waals surface area contributed by atoms with E-state index in [0.29, 0.717) is 12.4 Å². The zero-order valence-electron chi connectivity index (χ0n) is 10.1. The van der Waals surface area contributed by atoms with Crippen molar-refractivity contribution in [3.63, 3.8) is 0 Å². The van der Waals surface area contributed by atoms with Crippen LogP contribution in [0, 0.1) is 13.8 Å². The van der Waals surface area contributed by atoms with Gasteiger partial charge in [-0.05, 0) is 13.8 Å². The molecule has 0 aliphatic rings. The van der Waals surface area contributed by atoms with Gasteiger partial charge in [0.25, 0.3) is 0 Å². The average molecular weight is 263 g/mol. The van der Waals surface area contributed by atoms with Crippen molar-refractivity contribution in [3.8, 4) is 0 Å². The molecule has 0 saturated carbocycles. The third-order valence-corrected chi connectivity index (χ3v) is 3.74. The maximum Gasteiger partial charge on any atom is 0.194 e. The van der Waals surface area contributed by atoms with E-state index in [1.807, 2.05) is 6.92 Å². The number of tetrazole rings is 1. The van der Waals surface area contributed by atoms with E-state index >= 15 is 0 Å². The van der Waals surface area contributed by atoms with Gasteiger partial charge in [-0.2, -0.15) is 5.21 Å². The minimum atomic E-state index is 0.590. The Morgan fingerprint density at radius 1 is 1.39 bits per heavy atom. The molecule has 0 fully saturated rings. The molecule has 0 spiro atoms. The Kier molecular flexibility index (Phi) is 2.80. The van der Waals surface area contributed by atoms with Crippen molar-refractivity contribution in [2.45, 2.75) is 26.9 Å². The first kappa shape index (κ1) is 11.3. The van der Waals surface area contributed by atoms with E-state index < -0.39 is 0 Å². The normalized spacial score (nSPS) is 11.4. The molecule has 0 aliphatic carbocycles. The number of hydrogen-bond donors (Lipinski definition) is 2. The molecule has 0 unspecified atom stereocenters. The summed E-state index contributed by atoms with van der Waals surface area (Å²) in [4.78, 5) is 5.58. The van der Waals surface area contributed by atoms with E-state index in [4.69, 9.17) is 0 Å². The lowest BCUT2D eigenvalue weighted by Crippen LogP contribution is -2.16. The highest BCUT2D eigenvalue weighted by atomic mass is 32.1. The Balaban J connectivity index is 1.77. The number of aryl methyl sites for hydroxylation is 2. The maximum absolute atomic E-state index is 4.54. The van der Waals surface area contributed by atoms with Gasteiger partial charge in [0.05, 0.1) is 17.9 Å². The van der Waals surface area contributed by atoms with E-state index in [9.17, 15) is 0 Å². The summed E-state index contributed by atoms with van der Waals surface area (Å²) in [6, 6.07) is 0. The number of aromatic nitrogens is 6. The highest BCUT2D eigenvalue weighted by molar-refractivity contribution is 7.15. The predicted octanol–water partition coefficient (Wildman–Crippen LogP) is 0.816. The summed E-state index contributed by atoms with van der Waals surface area (Å²) in [5.74, 6) is 0.662. The number of H-pyrrole nitrogens is 1. The van der Waals surface area contributed by atoms with Crippen molar-refractivity contribution in [1.82, 2.24) is 35.3 Å². The number of hydrogen-bond acceptors (Lipinski definition) is 6. The number of nitrogens with zero attached hydrogens (tertiary/aromatic N) is 5. The van der Waals surface area contributed by atoms with Crippen molar-refractivity contribution in [1.29, 1.82) is 0 Å². The molecular weight excluding hydrogens is 250 g/mol. The standard InChI is InChI=1S/C10H13N7S/c1-6-5-18-10-12-7(2)8(17(6)10)3-11-4-9-13-15-16-14-9/h5,11H,3-4H2,1-2H3,(H,13,14,15,16). The van der Waals surface area contributed by atoms with Gasteiger partial charge in [0.2, 0.25) is 0 Å². The van der Waals surface area contributed by atoms with E-state index in [1.54, 1.807) is 11.3 Å². The number of fused-ring (bicyclic) bond motifs is 1. The average Bonchev–Trinajstić information content (AvgIpc) is 3.02. The molecule has 0 bridgehead atoms. The summed E-state index contributed by atoms with van der Waals surface area (Å²) in [5, 5.41) is 19.2. The third kappa shape index (κ3) is 1.89. The molecule has 3 aromatic heterocycles. The van der Waals surface area contributed by atoms with Gasteiger partial charge in [0.1, 0.15) is 0 Å². The van der Waals surface area contributed by atoms with Crippen molar-refractivity contribution in [3.05, 3.63) is 28.3 Å². The Morgan fingerprint density at radius 3 is 3.06 bits per heavy atom. The van der Waals surface area contributed by atoms with Crippen LogP contribution in [0.2, 0.25) is 0 Å². The lowest BCUT2D eigenvalue weighted by Gasteiger charge is -2.03. The SMILES string of the molecule is Cc1nc2scc(C)n2c1CNCc1nn[nH]n1. The van der Waals surface area contributed by atoms with Gasteiger partial charge < -0.3 is 5.32 Å². The number of thiazole rings is 1. The van der Waals surface area contributed by atoms with E-state index in [2.05, 4.69) is 47.6 Å². The first-order valence-corrected chi connectivity index (χ1v) is 6.48. The fourth-order valence-electron chi connectivity index (χ4n) is 1.93. The minimum absolute atomic E-state index is 0.590. The first-order chi connectivity index (χ1) is 8.75. The molecule has 3 heterocycles. The smallest absolute Gasteiger partial charge is 0.194 e. The number of rotatable bonds is 4. The van der Waals surface area contributed by atoms with Crippen LogP contribution in [0.3, 0.4) is 0 Å². The molecule has 0 aromatic carbocycles. The first-order valence-electron chi connectivity index (χ1n) is 5.61. The van der Waals surface area contributed by atoms with Gasteiger partial charge in [-0.15, -0.1) is 21.5 Å². The fraction of sp³-hybridized carbons (Fsp3) is 0.400. The summed E-state index contributed by atoms with van der Waals surface area (Å²) in [7, 11) is 0. The van der Waals surface area contributed by atoms with Crippen LogP contribution in [0.15, 0.2) is 5.38 Å². The molecule has 7 nitrogen and oxygen atoms in total. The zero-order chi connectivity index (χ0) is 12.5. The second kappa shape index (κ2) is 4.46. The van der Waals surface area contributed by atoms with Crippen LogP contribution < -0.4 is 5.32 Å². The molecule has 2 N–H and O–H groups in total. The third-order valence-electron chi connectivity index (χ3n) is 2.79. The monoisotopic (exact) mass is 263 g/mol. The van der Waals surface area contributed by atoms with Crippen LogP contribution >= 0.6 is 11.3 Å². The molecule has 94 valence electrons. The Morgan fingerprint density at radius 2 is 2.28 bits per heavy atom. The van der Waals surface area contributed by atoms with Gasteiger partial charge in [0, 0.05) is 17.6 Å². The summed E-state index contributed by atoms with van der Waals surface area (Å²) >= 11 is 1.66. The maximum atomic E-state index is 4.54. The molecule has 8 heteroatoms. The van der Waals surface area contributed by atoms with E-state index in [0.717, 1.165) is 17.2 Å². The van der Waals surface area contributed by atoms with Crippen LogP contribution in [0.5, 0.6) is 0 Å². The summed E-state index contributed by atoms with van der Waals surface area (Å²) < 4.78 is 2.18. The van der Waals surface area contributed by atoms with Gasteiger partial charge in [-0.3, -0.25) is 4.40 Å². The predicted molar refractivity (Wildman–Crippen MR) is 67.3 cm³/mol. The molecule has 0 atom stereocenters. The second-order valence-electron chi connectivity index (χ2n) is 4.07. The number of imidazole rings is 1.